The van der Waals surface area contributed by atoms with Crippen molar-refractivity contribution in [1.29, 1.82) is 0 Å². The van der Waals surface area contributed by atoms with E-state index in [4.69, 9.17) is 10.5 Å². The lowest BCUT2D eigenvalue weighted by Crippen LogP contribution is -2.12. The van der Waals surface area contributed by atoms with Gasteiger partial charge in [0, 0.05) is 12.1 Å². The van der Waals surface area contributed by atoms with Crippen LogP contribution in [0.4, 0.5) is 5.69 Å². The zero-order valence-electron chi connectivity index (χ0n) is 12.6. The first-order valence-electron chi connectivity index (χ1n) is 7.40. The van der Waals surface area contributed by atoms with Crippen molar-refractivity contribution in [2.45, 2.75) is 46.0 Å². The quantitative estimate of drug-likeness (QED) is 0.682. The molecule has 0 radical (unpaired) electrons. The topological polar surface area (TPSA) is 64.3 Å². The number of amides is 1. The smallest absolute Gasteiger partial charge is 0.224 e. The first-order valence-corrected chi connectivity index (χ1v) is 7.40. The Bertz CT molecular complexity index is 419. The molecule has 0 saturated carbocycles. The number of nitrogens with two attached hydrogens (primary N) is 1. The zero-order valence-corrected chi connectivity index (χ0v) is 12.6. The van der Waals surface area contributed by atoms with Gasteiger partial charge >= 0.3 is 0 Å². The Hall–Kier alpha value is -1.55. The van der Waals surface area contributed by atoms with Crippen LogP contribution in [0.25, 0.3) is 0 Å². The van der Waals surface area contributed by atoms with Crippen molar-refractivity contribution in [1.82, 2.24) is 0 Å². The van der Waals surface area contributed by atoms with E-state index in [1.807, 2.05) is 32.0 Å². The molecular weight excluding hydrogens is 252 g/mol. The van der Waals surface area contributed by atoms with Gasteiger partial charge in [-0.1, -0.05) is 12.8 Å². The third-order valence-corrected chi connectivity index (χ3v) is 3.14. The van der Waals surface area contributed by atoms with Gasteiger partial charge in [0.15, 0.2) is 0 Å². The zero-order chi connectivity index (χ0) is 14.8. The Morgan fingerprint density at radius 2 is 2.00 bits per heavy atom. The Balaban J connectivity index is 2.38. The molecule has 1 rings (SSSR count). The molecule has 0 heterocycles. The molecule has 0 aliphatic heterocycles. The highest BCUT2D eigenvalue weighted by molar-refractivity contribution is 5.91. The predicted octanol–water partition coefficient (Wildman–Crippen LogP) is 3.24. The van der Waals surface area contributed by atoms with Crippen molar-refractivity contribution in [2.24, 2.45) is 5.73 Å². The van der Waals surface area contributed by atoms with E-state index in [1.165, 1.54) is 0 Å². The fraction of sp³-hybridized carbons (Fsp3) is 0.562. The van der Waals surface area contributed by atoms with E-state index in [1.54, 1.807) is 0 Å². The highest BCUT2D eigenvalue weighted by atomic mass is 16.5. The number of nitrogens with one attached hydrogen (secondary N) is 1. The molecule has 1 aromatic carbocycles. The second-order valence-corrected chi connectivity index (χ2v) is 4.91. The summed E-state index contributed by atoms with van der Waals surface area (Å²) in [5.41, 5.74) is 7.32. The number of hydrogen-bond acceptors (Lipinski definition) is 3. The van der Waals surface area contributed by atoms with E-state index in [0.29, 0.717) is 13.0 Å². The number of anilines is 1. The van der Waals surface area contributed by atoms with Crippen LogP contribution in [0.3, 0.4) is 0 Å². The molecule has 3 N–H and O–H groups in total. The van der Waals surface area contributed by atoms with Crippen molar-refractivity contribution in [3.05, 3.63) is 23.8 Å². The molecule has 0 aliphatic rings. The van der Waals surface area contributed by atoms with Crippen molar-refractivity contribution in [3.8, 4) is 5.75 Å². The Morgan fingerprint density at radius 3 is 2.65 bits per heavy atom. The average Bonchev–Trinajstić information content (AvgIpc) is 2.42. The third-order valence-electron chi connectivity index (χ3n) is 3.14. The van der Waals surface area contributed by atoms with E-state index >= 15 is 0 Å². The van der Waals surface area contributed by atoms with Crippen LogP contribution in [0.5, 0.6) is 5.75 Å². The van der Waals surface area contributed by atoms with Gasteiger partial charge in [0.2, 0.25) is 5.91 Å². The number of aryl methyl sites for hydroxylation is 1. The lowest BCUT2D eigenvalue weighted by molar-refractivity contribution is -0.116. The van der Waals surface area contributed by atoms with Crippen LogP contribution in [0, 0.1) is 6.92 Å². The highest BCUT2D eigenvalue weighted by Crippen LogP contribution is 2.21. The summed E-state index contributed by atoms with van der Waals surface area (Å²) >= 11 is 0. The molecule has 0 saturated heterocycles. The third kappa shape index (κ3) is 6.06. The fourth-order valence-corrected chi connectivity index (χ4v) is 2.03. The van der Waals surface area contributed by atoms with E-state index < -0.39 is 0 Å². The molecule has 0 atom stereocenters. The molecule has 0 bridgehead atoms. The maximum Gasteiger partial charge on any atom is 0.224 e. The van der Waals surface area contributed by atoms with E-state index in [9.17, 15) is 4.79 Å². The minimum Gasteiger partial charge on any atom is -0.494 e. The molecular formula is C16H26N2O2. The SMILES string of the molecule is CCOc1ccc(NC(=O)CCCCCCN)c(C)c1. The largest absolute Gasteiger partial charge is 0.494 e. The Kier molecular flexibility index (Phi) is 7.73. The number of hydrogen-bond donors (Lipinski definition) is 2. The van der Waals surface area contributed by atoms with Crippen molar-refractivity contribution >= 4 is 11.6 Å². The molecule has 4 heteroatoms. The summed E-state index contributed by atoms with van der Waals surface area (Å²) in [6, 6.07) is 5.72. The molecule has 0 aliphatic carbocycles. The lowest BCUT2D eigenvalue weighted by Gasteiger charge is -2.10. The van der Waals surface area contributed by atoms with Crippen LogP contribution in [-0.2, 0) is 4.79 Å². The number of carbonyl (C=O) groups excluding carboxylic acids is 1. The first kappa shape index (κ1) is 16.5. The standard InChI is InChI=1S/C16H26N2O2/c1-3-20-14-9-10-15(13(2)12-14)18-16(19)8-6-4-5-7-11-17/h9-10,12H,3-8,11,17H2,1-2H3,(H,18,19). The minimum atomic E-state index is 0.0741. The maximum atomic E-state index is 11.8. The highest BCUT2D eigenvalue weighted by Gasteiger charge is 2.05. The summed E-state index contributed by atoms with van der Waals surface area (Å²) in [4.78, 5) is 11.8. The number of rotatable bonds is 9. The van der Waals surface area contributed by atoms with Gasteiger partial charge in [-0.2, -0.15) is 0 Å². The second-order valence-electron chi connectivity index (χ2n) is 4.91. The van der Waals surface area contributed by atoms with Gasteiger partial charge in [0.25, 0.3) is 0 Å². The summed E-state index contributed by atoms with van der Waals surface area (Å²) in [6.45, 7) is 5.31. The number of carbonyl (C=O) groups is 1. The molecule has 0 spiro atoms. The number of ether oxygens (including phenoxy) is 1. The Labute approximate surface area is 121 Å². The van der Waals surface area contributed by atoms with Gasteiger partial charge in [0.05, 0.1) is 6.61 Å². The van der Waals surface area contributed by atoms with E-state index in [0.717, 1.165) is 49.2 Å². The van der Waals surface area contributed by atoms with Gasteiger partial charge in [-0.25, -0.2) is 0 Å². The van der Waals surface area contributed by atoms with Crippen LogP contribution in [0.1, 0.15) is 44.6 Å². The summed E-state index contributed by atoms with van der Waals surface area (Å²) in [5, 5.41) is 2.95. The van der Waals surface area contributed by atoms with Crippen LogP contribution < -0.4 is 15.8 Å². The average molecular weight is 278 g/mol. The van der Waals surface area contributed by atoms with E-state index in [2.05, 4.69) is 5.32 Å². The van der Waals surface area contributed by atoms with Gasteiger partial charge in [0.1, 0.15) is 5.75 Å². The molecule has 20 heavy (non-hydrogen) atoms. The summed E-state index contributed by atoms with van der Waals surface area (Å²) in [7, 11) is 0. The predicted molar refractivity (Wildman–Crippen MR) is 83.1 cm³/mol. The lowest BCUT2D eigenvalue weighted by atomic mass is 10.1. The summed E-state index contributed by atoms with van der Waals surface area (Å²) in [6.07, 6.45) is 4.69. The van der Waals surface area contributed by atoms with Crippen LogP contribution >= 0.6 is 0 Å². The summed E-state index contributed by atoms with van der Waals surface area (Å²) in [5.74, 6) is 0.912. The molecule has 112 valence electrons. The molecule has 4 nitrogen and oxygen atoms in total. The van der Waals surface area contributed by atoms with Gasteiger partial charge in [-0.05, 0) is 57.0 Å². The normalized spacial score (nSPS) is 10.3. The monoisotopic (exact) mass is 278 g/mol. The summed E-state index contributed by atoms with van der Waals surface area (Å²) < 4.78 is 5.43. The maximum absolute atomic E-state index is 11.8. The van der Waals surface area contributed by atoms with Crippen molar-refractivity contribution < 1.29 is 9.53 Å². The van der Waals surface area contributed by atoms with Crippen LogP contribution in [-0.4, -0.2) is 19.1 Å². The van der Waals surface area contributed by atoms with Crippen molar-refractivity contribution in [3.63, 3.8) is 0 Å². The van der Waals surface area contributed by atoms with E-state index in [-0.39, 0.29) is 5.91 Å². The second kappa shape index (κ2) is 9.37. The van der Waals surface area contributed by atoms with Crippen LogP contribution in [0.15, 0.2) is 18.2 Å². The van der Waals surface area contributed by atoms with Crippen molar-refractivity contribution in [2.75, 3.05) is 18.5 Å². The van der Waals surface area contributed by atoms with Gasteiger partial charge < -0.3 is 15.8 Å². The first-order chi connectivity index (χ1) is 9.67. The number of unbranched alkanes of at least 4 members (excludes halogenated alkanes) is 3. The van der Waals surface area contributed by atoms with Crippen LogP contribution in [0.2, 0.25) is 0 Å². The molecule has 0 aromatic heterocycles. The minimum absolute atomic E-state index is 0.0741. The Morgan fingerprint density at radius 1 is 1.25 bits per heavy atom. The molecule has 0 fully saturated rings. The van der Waals surface area contributed by atoms with Gasteiger partial charge in [-0.3, -0.25) is 4.79 Å². The number of benzene rings is 1. The molecule has 1 amide bonds. The fourth-order valence-electron chi connectivity index (χ4n) is 2.03. The molecule has 1 aromatic rings. The molecule has 0 unspecified atom stereocenters. The van der Waals surface area contributed by atoms with Gasteiger partial charge in [-0.15, -0.1) is 0 Å².